The van der Waals surface area contributed by atoms with Crippen LogP contribution in [0.2, 0.25) is 0 Å². The van der Waals surface area contributed by atoms with Gasteiger partial charge in [-0.15, -0.1) is 0 Å². The highest BCUT2D eigenvalue weighted by molar-refractivity contribution is 7.89. The van der Waals surface area contributed by atoms with E-state index in [1.165, 1.54) is 0 Å². The number of hydrogen-bond donors (Lipinski definition) is 0. The van der Waals surface area contributed by atoms with Gasteiger partial charge >= 0.3 is 0 Å². The van der Waals surface area contributed by atoms with Crippen molar-refractivity contribution in [2.75, 3.05) is 7.11 Å². The predicted molar refractivity (Wildman–Crippen MR) is 138 cm³/mol. The Balaban J connectivity index is 1.59. The molecule has 8 heteroatoms. The van der Waals surface area contributed by atoms with Gasteiger partial charge in [0, 0.05) is 12.6 Å². The van der Waals surface area contributed by atoms with Crippen LogP contribution < -0.4 is 9.47 Å². The second-order valence-corrected chi connectivity index (χ2v) is 10.6. The number of nitrogens with zero attached hydrogens (tertiary/aromatic N) is 3. The molecule has 1 aromatic heterocycles. The molecule has 3 aromatic carbocycles. The fourth-order valence-corrected chi connectivity index (χ4v) is 5.83. The molecule has 1 saturated carbocycles. The molecule has 0 saturated heterocycles. The lowest BCUT2D eigenvalue weighted by molar-refractivity contribution is 0.383. The molecule has 0 bridgehead atoms. The molecule has 0 N–H and O–H groups in total. The Kier molecular flexibility index (Phi) is 6.80. The van der Waals surface area contributed by atoms with Gasteiger partial charge in [-0.3, -0.25) is 0 Å². The second kappa shape index (κ2) is 10.2. The topological polar surface area (TPSA) is 73.7 Å². The average Bonchev–Trinajstić information content (AvgIpc) is 3.70. The number of hydrogen-bond acceptors (Lipinski definition) is 5. The molecule has 4 aromatic rings. The van der Waals surface area contributed by atoms with E-state index in [0.717, 1.165) is 29.8 Å². The summed E-state index contributed by atoms with van der Waals surface area (Å²) in [6.45, 7) is 2.20. The Morgan fingerprint density at radius 2 is 1.56 bits per heavy atom. The number of methoxy groups -OCH3 is 1. The minimum absolute atomic E-state index is 0.0496. The van der Waals surface area contributed by atoms with Crippen LogP contribution in [0.4, 0.5) is 0 Å². The largest absolute Gasteiger partial charge is 0.497 e. The minimum atomic E-state index is -3.75. The average molecular weight is 504 g/mol. The molecule has 7 nitrogen and oxygen atoms in total. The summed E-state index contributed by atoms with van der Waals surface area (Å²) in [7, 11) is -2.19. The van der Waals surface area contributed by atoms with E-state index in [-0.39, 0.29) is 17.5 Å². The van der Waals surface area contributed by atoms with Crippen molar-refractivity contribution in [3.05, 3.63) is 96.2 Å². The first-order valence-corrected chi connectivity index (χ1v) is 13.5. The quantitative estimate of drug-likeness (QED) is 0.282. The van der Waals surface area contributed by atoms with Crippen LogP contribution >= 0.6 is 0 Å². The van der Waals surface area contributed by atoms with Crippen molar-refractivity contribution in [3.63, 3.8) is 0 Å². The number of sulfonamides is 1. The maximum Gasteiger partial charge on any atom is 0.243 e. The highest BCUT2D eigenvalue weighted by Crippen LogP contribution is 2.38. The van der Waals surface area contributed by atoms with Gasteiger partial charge in [-0.05, 0) is 67.8 Å². The lowest BCUT2D eigenvalue weighted by Gasteiger charge is -2.23. The van der Waals surface area contributed by atoms with Gasteiger partial charge in [0.2, 0.25) is 15.9 Å². The predicted octanol–water partition coefficient (Wildman–Crippen LogP) is 5.59. The molecule has 0 atom stereocenters. The first kappa shape index (κ1) is 24.1. The van der Waals surface area contributed by atoms with Gasteiger partial charge in [-0.1, -0.05) is 43.3 Å². The summed E-state index contributed by atoms with van der Waals surface area (Å²) in [6, 6.07) is 25.7. The van der Waals surface area contributed by atoms with Gasteiger partial charge in [0.1, 0.15) is 11.5 Å². The summed E-state index contributed by atoms with van der Waals surface area (Å²) in [5.74, 6) is 1.80. The molecule has 5 rings (SSSR count). The van der Waals surface area contributed by atoms with Crippen molar-refractivity contribution in [1.29, 1.82) is 0 Å². The zero-order valence-corrected chi connectivity index (χ0v) is 21.2. The minimum Gasteiger partial charge on any atom is -0.497 e. The fraction of sp³-hybridized carbons (Fsp3) is 0.250. The van der Waals surface area contributed by atoms with Crippen molar-refractivity contribution in [1.82, 2.24) is 14.1 Å². The number of ether oxygens (including phenoxy) is 2. The van der Waals surface area contributed by atoms with Crippen molar-refractivity contribution in [2.45, 2.75) is 43.7 Å². The van der Waals surface area contributed by atoms with E-state index >= 15 is 0 Å². The molecular weight excluding hydrogens is 474 g/mol. The second-order valence-electron chi connectivity index (χ2n) is 8.70. The summed E-state index contributed by atoms with van der Waals surface area (Å²) in [5, 5.41) is 4.86. The van der Waals surface area contributed by atoms with Gasteiger partial charge < -0.3 is 9.47 Å². The normalized spacial score (nSPS) is 13.6. The molecule has 1 aliphatic carbocycles. The molecule has 0 spiro atoms. The van der Waals surface area contributed by atoms with Crippen LogP contribution in [0.15, 0.2) is 89.8 Å². The van der Waals surface area contributed by atoms with Crippen LogP contribution in [0.3, 0.4) is 0 Å². The molecule has 0 amide bonds. The molecule has 1 heterocycles. The maximum absolute atomic E-state index is 13.8. The summed E-state index contributed by atoms with van der Waals surface area (Å²) < 4.78 is 42.5. The number of para-hydroxylation sites is 2. The van der Waals surface area contributed by atoms with E-state index in [2.05, 4.69) is 0 Å². The molecule has 0 radical (unpaired) electrons. The Labute approximate surface area is 212 Å². The Hall–Kier alpha value is -3.62. The summed E-state index contributed by atoms with van der Waals surface area (Å²) in [5.41, 5.74) is 2.43. The zero-order chi connectivity index (χ0) is 25.1. The third kappa shape index (κ3) is 4.87. The van der Waals surface area contributed by atoms with Gasteiger partial charge in [-0.25, -0.2) is 13.1 Å². The third-order valence-corrected chi connectivity index (χ3v) is 8.16. The first-order chi connectivity index (χ1) is 17.5. The van der Waals surface area contributed by atoms with Crippen molar-refractivity contribution < 1.29 is 17.9 Å². The van der Waals surface area contributed by atoms with E-state index in [4.69, 9.17) is 14.6 Å². The fourth-order valence-electron chi connectivity index (χ4n) is 4.18. The number of aromatic nitrogens is 2. The smallest absolute Gasteiger partial charge is 0.243 e. The molecule has 1 fully saturated rings. The van der Waals surface area contributed by atoms with Gasteiger partial charge in [0.05, 0.1) is 29.0 Å². The summed E-state index contributed by atoms with van der Waals surface area (Å²) in [4.78, 5) is 0.245. The first-order valence-electron chi connectivity index (χ1n) is 12.1. The van der Waals surface area contributed by atoms with E-state index in [1.54, 1.807) is 40.4 Å². The van der Waals surface area contributed by atoms with Crippen LogP contribution in [-0.2, 0) is 23.0 Å². The van der Waals surface area contributed by atoms with E-state index in [9.17, 15) is 8.42 Å². The van der Waals surface area contributed by atoms with Crippen LogP contribution in [0.1, 0.15) is 31.0 Å². The number of benzene rings is 3. The lowest BCUT2D eigenvalue weighted by atomic mass is 10.2. The molecule has 0 aliphatic heterocycles. The van der Waals surface area contributed by atoms with Crippen molar-refractivity contribution >= 4 is 10.0 Å². The highest BCUT2D eigenvalue weighted by Gasteiger charge is 2.40. The van der Waals surface area contributed by atoms with Gasteiger partial charge in [0.25, 0.3) is 0 Å². The molecular formula is C28H29N3O4S. The summed E-state index contributed by atoms with van der Waals surface area (Å²) in [6.07, 6.45) is 2.30. The number of aryl methyl sites for hydroxylation is 1. The van der Waals surface area contributed by atoms with E-state index < -0.39 is 10.0 Å². The van der Waals surface area contributed by atoms with Gasteiger partial charge in [-0.2, -0.15) is 9.40 Å². The standard InChI is InChI=1S/C28H29N3O4S/c1-3-27-26(20-30(21-14-15-21)36(32,33)25-18-16-23(34-2)17-19-25)28(35-24-12-8-5-9-13-24)31(29-27)22-10-6-4-7-11-22/h4-13,16-19,21H,3,14-15,20H2,1-2H3. The SMILES string of the molecule is CCc1nn(-c2ccccc2)c(Oc2ccccc2)c1CN(C1CC1)S(=O)(=O)c1ccc(OC)cc1. The summed E-state index contributed by atoms with van der Waals surface area (Å²) >= 11 is 0. The maximum atomic E-state index is 13.8. The van der Waals surface area contributed by atoms with Crippen molar-refractivity contribution in [3.8, 4) is 23.1 Å². The molecule has 1 aliphatic rings. The van der Waals surface area contributed by atoms with Crippen LogP contribution in [0, 0.1) is 0 Å². The highest BCUT2D eigenvalue weighted by atomic mass is 32.2. The molecule has 186 valence electrons. The monoisotopic (exact) mass is 503 g/mol. The van der Waals surface area contributed by atoms with Crippen LogP contribution in [0.5, 0.6) is 17.4 Å². The van der Waals surface area contributed by atoms with E-state index in [0.29, 0.717) is 23.8 Å². The number of rotatable bonds is 10. The Morgan fingerprint density at radius 3 is 2.14 bits per heavy atom. The van der Waals surface area contributed by atoms with Crippen LogP contribution in [-0.4, -0.2) is 35.7 Å². The van der Waals surface area contributed by atoms with Crippen molar-refractivity contribution in [2.24, 2.45) is 0 Å². The Bertz CT molecular complexity index is 1420. The lowest BCUT2D eigenvalue weighted by Crippen LogP contribution is -2.33. The van der Waals surface area contributed by atoms with E-state index in [1.807, 2.05) is 67.6 Å². The Morgan fingerprint density at radius 1 is 0.917 bits per heavy atom. The zero-order valence-electron chi connectivity index (χ0n) is 20.4. The third-order valence-electron chi connectivity index (χ3n) is 6.25. The van der Waals surface area contributed by atoms with Crippen LogP contribution in [0.25, 0.3) is 5.69 Å². The molecule has 36 heavy (non-hydrogen) atoms. The molecule has 0 unspecified atom stereocenters. The van der Waals surface area contributed by atoms with Gasteiger partial charge in [0.15, 0.2) is 0 Å².